The van der Waals surface area contributed by atoms with Crippen LogP contribution in [-0.4, -0.2) is 37.8 Å². The molecule has 0 fully saturated rings. The number of hydrogen-bond donors (Lipinski definition) is 1. The molecule has 21 heavy (non-hydrogen) atoms. The number of nitrogens with two attached hydrogens (primary N) is 1. The minimum atomic E-state index is -4.13. The molecule has 0 aliphatic heterocycles. The van der Waals surface area contributed by atoms with Crippen LogP contribution in [-0.2, 0) is 6.42 Å². The van der Waals surface area contributed by atoms with E-state index in [2.05, 4.69) is 0 Å². The second-order valence-electron chi connectivity index (χ2n) is 5.54. The molecule has 1 aliphatic carbocycles. The van der Waals surface area contributed by atoms with E-state index >= 15 is 0 Å². The summed E-state index contributed by atoms with van der Waals surface area (Å²) < 4.78 is 42.2. The summed E-state index contributed by atoms with van der Waals surface area (Å²) in [6.07, 6.45) is -3.34. The first-order chi connectivity index (χ1) is 9.81. The Kier molecular flexibility index (Phi) is 4.78. The molecule has 0 heterocycles. The summed E-state index contributed by atoms with van der Waals surface area (Å²) in [5.41, 5.74) is 8.41. The van der Waals surface area contributed by atoms with E-state index in [0.29, 0.717) is 0 Å². The SMILES string of the molecule is COc1ccc2c(c1)C(N)C(N(C)CCC(F)(F)F)CC2. The maximum absolute atomic E-state index is 12.3. The number of fused-ring (bicyclic) bond motifs is 1. The van der Waals surface area contributed by atoms with Crippen LogP contribution in [0, 0.1) is 0 Å². The molecule has 0 aromatic heterocycles. The molecule has 0 saturated carbocycles. The molecule has 3 nitrogen and oxygen atoms in total. The molecule has 2 rings (SSSR count). The Morgan fingerprint density at radius 2 is 2.10 bits per heavy atom. The lowest BCUT2D eigenvalue weighted by atomic mass is 9.83. The number of benzene rings is 1. The van der Waals surface area contributed by atoms with Crippen molar-refractivity contribution in [2.45, 2.75) is 37.5 Å². The second-order valence-corrected chi connectivity index (χ2v) is 5.54. The van der Waals surface area contributed by atoms with Gasteiger partial charge in [0.2, 0.25) is 0 Å². The molecular weight excluding hydrogens is 281 g/mol. The van der Waals surface area contributed by atoms with E-state index in [4.69, 9.17) is 10.5 Å². The van der Waals surface area contributed by atoms with E-state index in [9.17, 15) is 13.2 Å². The van der Waals surface area contributed by atoms with E-state index in [1.165, 1.54) is 0 Å². The van der Waals surface area contributed by atoms with Gasteiger partial charge < -0.3 is 15.4 Å². The molecule has 2 N–H and O–H groups in total. The van der Waals surface area contributed by atoms with Gasteiger partial charge in [0.05, 0.1) is 13.5 Å². The van der Waals surface area contributed by atoms with Gasteiger partial charge in [0.15, 0.2) is 0 Å². The number of rotatable bonds is 4. The Hall–Kier alpha value is -1.27. The minimum Gasteiger partial charge on any atom is -0.497 e. The average Bonchev–Trinajstić information content (AvgIpc) is 2.44. The van der Waals surface area contributed by atoms with E-state index in [0.717, 1.165) is 29.7 Å². The van der Waals surface area contributed by atoms with Gasteiger partial charge >= 0.3 is 6.18 Å². The lowest BCUT2D eigenvalue weighted by Gasteiger charge is -2.37. The Bertz CT molecular complexity index is 490. The summed E-state index contributed by atoms with van der Waals surface area (Å²) in [5.74, 6) is 0.725. The third-order valence-electron chi connectivity index (χ3n) is 4.15. The summed E-state index contributed by atoms with van der Waals surface area (Å²) in [5, 5.41) is 0. The molecule has 1 aromatic rings. The summed E-state index contributed by atoms with van der Waals surface area (Å²) >= 11 is 0. The Morgan fingerprint density at radius 1 is 1.38 bits per heavy atom. The minimum absolute atomic E-state index is 0.0266. The lowest BCUT2D eigenvalue weighted by Crippen LogP contribution is -2.44. The highest BCUT2D eigenvalue weighted by Gasteiger charge is 2.33. The van der Waals surface area contributed by atoms with Crippen LogP contribution in [0.2, 0.25) is 0 Å². The molecular formula is C15H21F3N2O. The van der Waals surface area contributed by atoms with Crippen LogP contribution in [0.15, 0.2) is 18.2 Å². The largest absolute Gasteiger partial charge is 0.497 e. The summed E-state index contributed by atoms with van der Waals surface area (Å²) in [4.78, 5) is 1.72. The van der Waals surface area contributed by atoms with Gasteiger partial charge in [0.25, 0.3) is 0 Å². The van der Waals surface area contributed by atoms with E-state index in [1.54, 1.807) is 19.1 Å². The van der Waals surface area contributed by atoms with Crippen molar-refractivity contribution in [3.05, 3.63) is 29.3 Å². The first kappa shape index (κ1) is 16.1. The number of methoxy groups -OCH3 is 1. The number of likely N-dealkylation sites (N-methyl/N-ethyl adjacent to an activating group) is 1. The molecule has 118 valence electrons. The molecule has 2 unspecified atom stereocenters. The van der Waals surface area contributed by atoms with Gasteiger partial charge in [-0.25, -0.2) is 0 Å². The predicted molar refractivity (Wildman–Crippen MR) is 75.3 cm³/mol. The van der Waals surface area contributed by atoms with Gasteiger partial charge in [-0.2, -0.15) is 13.2 Å². The molecule has 1 aliphatic rings. The van der Waals surface area contributed by atoms with Gasteiger partial charge in [-0.3, -0.25) is 0 Å². The van der Waals surface area contributed by atoms with Crippen LogP contribution >= 0.6 is 0 Å². The second kappa shape index (κ2) is 6.23. The van der Waals surface area contributed by atoms with Gasteiger partial charge in [-0.1, -0.05) is 6.07 Å². The number of nitrogens with zero attached hydrogens (tertiary/aromatic N) is 1. The van der Waals surface area contributed by atoms with Crippen molar-refractivity contribution < 1.29 is 17.9 Å². The van der Waals surface area contributed by atoms with Crippen LogP contribution in [0.25, 0.3) is 0 Å². The molecule has 6 heteroatoms. The average molecular weight is 302 g/mol. The van der Waals surface area contributed by atoms with Crippen molar-refractivity contribution in [3.8, 4) is 5.75 Å². The van der Waals surface area contributed by atoms with Gasteiger partial charge in [0, 0.05) is 18.6 Å². The molecule has 0 saturated heterocycles. The lowest BCUT2D eigenvalue weighted by molar-refractivity contribution is -0.138. The fourth-order valence-corrected chi connectivity index (χ4v) is 2.89. The van der Waals surface area contributed by atoms with Crippen molar-refractivity contribution >= 4 is 0 Å². The maximum atomic E-state index is 12.3. The topological polar surface area (TPSA) is 38.5 Å². The van der Waals surface area contributed by atoms with Crippen molar-refractivity contribution in [2.75, 3.05) is 20.7 Å². The molecule has 0 spiro atoms. The van der Waals surface area contributed by atoms with Crippen LogP contribution in [0.5, 0.6) is 5.75 Å². The molecule has 0 radical (unpaired) electrons. The number of aryl methyl sites for hydroxylation is 1. The Morgan fingerprint density at radius 3 is 2.71 bits per heavy atom. The van der Waals surface area contributed by atoms with Crippen LogP contribution in [0.4, 0.5) is 13.2 Å². The summed E-state index contributed by atoms with van der Waals surface area (Å²) in [7, 11) is 3.30. The van der Waals surface area contributed by atoms with E-state index < -0.39 is 12.6 Å². The first-order valence-corrected chi connectivity index (χ1v) is 7.01. The molecule has 2 atom stereocenters. The Labute approximate surface area is 122 Å². The Balaban J connectivity index is 2.10. The van der Waals surface area contributed by atoms with Crippen molar-refractivity contribution in [2.24, 2.45) is 5.73 Å². The van der Waals surface area contributed by atoms with Crippen LogP contribution < -0.4 is 10.5 Å². The quantitative estimate of drug-likeness (QED) is 0.929. The highest BCUT2D eigenvalue weighted by Crippen LogP contribution is 2.33. The van der Waals surface area contributed by atoms with Gasteiger partial charge in [0.1, 0.15) is 5.75 Å². The van der Waals surface area contributed by atoms with Crippen LogP contribution in [0.1, 0.15) is 30.0 Å². The fraction of sp³-hybridized carbons (Fsp3) is 0.600. The van der Waals surface area contributed by atoms with Crippen molar-refractivity contribution in [3.63, 3.8) is 0 Å². The monoisotopic (exact) mass is 302 g/mol. The predicted octanol–water partition coefficient (Wildman–Crippen LogP) is 2.89. The molecule has 1 aromatic carbocycles. The normalized spacial score (nSPS) is 22.2. The van der Waals surface area contributed by atoms with Gasteiger partial charge in [-0.15, -0.1) is 0 Å². The number of halogens is 3. The zero-order valence-corrected chi connectivity index (χ0v) is 12.3. The number of ether oxygens (including phenoxy) is 1. The maximum Gasteiger partial charge on any atom is 0.390 e. The number of alkyl halides is 3. The third kappa shape index (κ3) is 3.89. The highest BCUT2D eigenvalue weighted by atomic mass is 19.4. The first-order valence-electron chi connectivity index (χ1n) is 7.01. The van der Waals surface area contributed by atoms with Gasteiger partial charge in [-0.05, 0) is 43.1 Å². The van der Waals surface area contributed by atoms with Crippen LogP contribution in [0.3, 0.4) is 0 Å². The third-order valence-corrected chi connectivity index (χ3v) is 4.15. The zero-order chi connectivity index (χ0) is 15.6. The standard InChI is InChI=1S/C15H21F3N2O/c1-20(8-7-15(16,17)18)13-6-4-10-3-5-11(21-2)9-12(10)14(13)19/h3,5,9,13-14H,4,6-8,19H2,1-2H3. The highest BCUT2D eigenvalue weighted by molar-refractivity contribution is 5.40. The summed E-state index contributed by atoms with van der Waals surface area (Å²) in [6, 6.07) is 5.40. The molecule has 0 bridgehead atoms. The van der Waals surface area contributed by atoms with Crippen molar-refractivity contribution in [1.29, 1.82) is 0 Å². The smallest absolute Gasteiger partial charge is 0.390 e. The zero-order valence-electron chi connectivity index (χ0n) is 12.3. The summed E-state index contributed by atoms with van der Waals surface area (Å²) in [6.45, 7) is -0.0266. The van der Waals surface area contributed by atoms with E-state index in [-0.39, 0.29) is 18.6 Å². The van der Waals surface area contributed by atoms with E-state index in [1.807, 2.05) is 18.2 Å². The van der Waals surface area contributed by atoms with Crippen molar-refractivity contribution in [1.82, 2.24) is 4.90 Å². The fourth-order valence-electron chi connectivity index (χ4n) is 2.89. The number of hydrogen-bond acceptors (Lipinski definition) is 3. The molecule has 0 amide bonds.